The number of sulfonamides is 1. The third-order valence-electron chi connectivity index (χ3n) is 3.45. The monoisotopic (exact) mass is 318 g/mol. The van der Waals surface area contributed by atoms with E-state index in [1.807, 2.05) is 11.8 Å². The van der Waals surface area contributed by atoms with Crippen LogP contribution in [0.4, 0.5) is 0 Å². The minimum absolute atomic E-state index is 0.0165. The van der Waals surface area contributed by atoms with E-state index in [9.17, 15) is 8.42 Å². The minimum atomic E-state index is -3.47. The van der Waals surface area contributed by atoms with Crippen molar-refractivity contribution in [1.29, 1.82) is 0 Å². The molecule has 3 N–H and O–H groups in total. The third-order valence-corrected chi connectivity index (χ3v) is 6.34. The highest BCUT2D eigenvalue weighted by molar-refractivity contribution is 8.01. The molecule has 0 bridgehead atoms. The van der Waals surface area contributed by atoms with Gasteiger partial charge < -0.3 is 5.73 Å². The molecule has 0 saturated carbocycles. The number of hydrogen-bond acceptors (Lipinski definition) is 5. The second kappa shape index (κ2) is 6.46. The molecule has 20 heavy (non-hydrogen) atoms. The van der Waals surface area contributed by atoms with Crippen molar-refractivity contribution in [2.75, 3.05) is 18.8 Å². The predicted molar refractivity (Wildman–Crippen MR) is 81.2 cm³/mol. The van der Waals surface area contributed by atoms with Gasteiger partial charge in [-0.05, 0) is 38.5 Å². The smallest absolute Gasteiger partial charge is 0.243 e. The lowest BCUT2D eigenvalue weighted by atomic mass is 10.1. The van der Waals surface area contributed by atoms with Gasteiger partial charge in [0, 0.05) is 24.0 Å². The normalized spacial score (nSPS) is 23.3. The second-order valence-electron chi connectivity index (χ2n) is 5.31. The summed E-state index contributed by atoms with van der Waals surface area (Å²) in [7, 11) is -3.47. The fraction of sp³-hybridized carbons (Fsp3) is 0.750. The molecule has 1 aliphatic rings. The maximum Gasteiger partial charge on any atom is 0.243 e. The third kappa shape index (κ3) is 3.97. The predicted octanol–water partition coefficient (Wildman–Crippen LogP) is 0.796. The van der Waals surface area contributed by atoms with Crippen LogP contribution in [0.2, 0.25) is 0 Å². The first-order valence-corrected chi connectivity index (χ1v) is 9.28. The van der Waals surface area contributed by atoms with E-state index >= 15 is 0 Å². The van der Waals surface area contributed by atoms with Gasteiger partial charge in [0.15, 0.2) is 0 Å². The summed E-state index contributed by atoms with van der Waals surface area (Å²) in [5.41, 5.74) is 5.43. The number of nitrogens with one attached hydrogen (secondary N) is 1. The fourth-order valence-electron chi connectivity index (χ4n) is 2.17. The van der Waals surface area contributed by atoms with Crippen molar-refractivity contribution in [3.8, 4) is 0 Å². The largest absolute Gasteiger partial charge is 0.330 e. The number of nitrogens with zero attached hydrogens (tertiary/aromatic N) is 2. The van der Waals surface area contributed by atoms with Crippen LogP contribution in [0, 0.1) is 0 Å². The van der Waals surface area contributed by atoms with Crippen molar-refractivity contribution in [1.82, 2.24) is 14.5 Å². The molecule has 0 amide bonds. The molecule has 1 unspecified atom stereocenters. The molecule has 0 spiro atoms. The highest BCUT2D eigenvalue weighted by atomic mass is 32.2. The first-order valence-electron chi connectivity index (χ1n) is 6.81. The summed E-state index contributed by atoms with van der Waals surface area (Å²) in [5, 5.41) is 4.05. The number of rotatable bonds is 7. The molecular weight excluding hydrogens is 296 g/mol. The maximum absolute atomic E-state index is 12.2. The number of nitrogens with two attached hydrogens (primary N) is 1. The summed E-state index contributed by atoms with van der Waals surface area (Å²) in [6, 6.07) is 0. The van der Waals surface area contributed by atoms with Gasteiger partial charge in [-0.3, -0.25) is 4.68 Å². The van der Waals surface area contributed by atoms with Gasteiger partial charge in [0.25, 0.3) is 0 Å². The van der Waals surface area contributed by atoms with Crippen LogP contribution in [-0.4, -0.2) is 41.8 Å². The van der Waals surface area contributed by atoms with Crippen molar-refractivity contribution >= 4 is 21.8 Å². The van der Waals surface area contributed by atoms with Gasteiger partial charge >= 0.3 is 0 Å². The molecule has 6 nitrogen and oxygen atoms in total. The zero-order chi connectivity index (χ0) is 14.6. The van der Waals surface area contributed by atoms with E-state index in [-0.39, 0.29) is 9.64 Å². The highest BCUT2D eigenvalue weighted by Gasteiger charge is 2.31. The Kier molecular flexibility index (Phi) is 5.11. The minimum Gasteiger partial charge on any atom is -0.330 e. The van der Waals surface area contributed by atoms with Gasteiger partial charge in [-0.1, -0.05) is 0 Å². The average molecular weight is 318 g/mol. The van der Waals surface area contributed by atoms with Gasteiger partial charge in [0.05, 0.1) is 6.20 Å². The Morgan fingerprint density at radius 1 is 1.60 bits per heavy atom. The van der Waals surface area contributed by atoms with E-state index in [1.54, 1.807) is 10.9 Å². The molecule has 0 radical (unpaired) electrons. The lowest BCUT2D eigenvalue weighted by molar-refractivity contribution is 0.551. The summed E-state index contributed by atoms with van der Waals surface area (Å²) in [4.78, 5) is 0.223. The topological polar surface area (TPSA) is 90.0 Å². The van der Waals surface area contributed by atoms with E-state index < -0.39 is 10.0 Å². The summed E-state index contributed by atoms with van der Waals surface area (Å²) >= 11 is 1.84. The Morgan fingerprint density at radius 3 is 3.05 bits per heavy atom. The molecule has 2 rings (SSSR count). The first kappa shape index (κ1) is 15.8. The van der Waals surface area contributed by atoms with E-state index in [4.69, 9.17) is 5.73 Å². The summed E-state index contributed by atoms with van der Waals surface area (Å²) in [6.07, 6.45) is 5.93. The van der Waals surface area contributed by atoms with E-state index in [0.29, 0.717) is 19.6 Å². The number of hydrogen-bond donors (Lipinski definition) is 2. The molecular formula is C12H22N4O2S2. The summed E-state index contributed by atoms with van der Waals surface area (Å²) in [6.45, 7) is 3.78. The molecule has 114 valence electrons. The summed E-state index contributed by atoms with van der Waals surface area (Å²) in [5.74, 6) is 1.11. The van der Waals surface area contributed by atoms with E-state index in [1.165, 1.54) is 6.20 Å². The quantitative estimate of drug-likeness (QED) is 0.776. The molecule has 1 aromatic heterocycles. The lowest BCUT2D eigenvalue weighted by Gasteiger charge is -2.22. The van der Waals surface area contributed by atoms with Crippen molar-refractivity contribution < 1.29 is 8.42 Å². The Morgan fingerprint density at radius 2 is 2.40 bits per heavy atom. The number of aryl methyl sites for hydroxylation is 1. The molecule has 2 heterocycles. The molecule has 0 aromatic carbocycles. The first-order chi connectivity index (χ1) is 9.45. The Labute approximate surface area is 124 Å². The van der Waals surface area contributed by atoms with Crippen molar-refractivity contribution in [2.45, 2.75) is 42.4 Å². The number of aromatic nitrogens is 2. The van der Waals surface area contributed by atoms with Crippen LogP contribution in [0.3, 0.4) is 0 Å². The fourth-order valence-corrected chi connectivity index (χ4v) is 4.62. The van der Waals surface area contributed by atoms with Gasteiger partial charge in [0.1, 0.15) is 4.90 Å². The van der Waals surface area contributed by atoms with Crippen LogP contribution in [0.5, 0.6) is 0 Å². The SMILES string of the molecule is CC1(CNS(=O)(=O)c2cnn(CCCN)c2)CCCS1. The zero-order valence-electron chi connectivity index (χ0n) is 11.7. The van der Waals surface area contributed by atoms with Crippen molar-refractivity contribution in [2.24, 2.45) is 5.73 Å². The van der Waals surface area contributed by atoms with Crippen LogP contribution < -0.4 is 10.5 Å². The van der Waals surface area contributed by atoms with Gasteiger partial charge in [0.2, 0.25) is 10.0 Å². The molecule has 1 saturated heterocycles. The van der Waals surface area contributed by atoms with Crippen LogP contribution in [0.25, 0.3) is 0 Å². The molecule has 1 fully saturated rings. The Balaban J connectivity index is 1.97. The van der Waals surface area contributed by atoms with Gasteiger partial charge in [-0.2, -0.15) is 16.9 Å². The molecule has 1 aromatic rings. The molecule has 1 atom stereocenters. The molecule has 8 heteroatoms. The van der Waals surface area contributed by atoms with E-state index in [2.05, 4.69) is 16.7 Å². The molecule has 1 aliphatic heterocycles. The summed E-state index contributed by atoms with van der Waals surface area (Å²) < 4.78 is 28.8. The van der Waals surface area contributed by atoms with Crippen molar-refractivity contribution in [3.05, 3.63) is 12.4 Å². The standard InChI is InChI=1S/C12H22N4O2S2/c1-12(4-2-7-19-12)10-15-20(17,18)11-8-14-16(9-11)6-3-5-13/h8-9,15H,2-7,10,13H2,1H3. The van der Waals surface area contributed by atoms with Crippen LogP contribution >= 0.6 is 11.8 Å². The zero-order valence-corrected chi connectivity index (χ0v) is 13.3. The maximum atomic E-state index is 12.2. The van der Waals surface area contributed by atoms with Gasteiger partial charge in [-0.25, -0.2) is 13.1 Å². The Bertz CT molecular complexity index is 535. The highest BCUT2D eigenvalue weighted by Crippen LogP contribution is 2.37. The second-order valence-corrected chi connectivity index (χ2v) is 8.76. The molecule has 0 aliphatic carbocycles. The van der Waals surface area contributed by atoms with Gasteiger partial charge in [-0.15, -0.1) is 0 Å². The van der Waals surface area contributed by atoms with Crippen LogP contribution in [0.1, 0.15) is 26.2 Å². The number of thioether (sulfide) groups is 1. The Hall–Kier alpha value is -0.570. The van der Waals surface area contributed by atoms with Crippen LogP contribution in [0.15, 0.2) is 17.3 Å². The average Bonchev–Trinajstić information content (AvgIpc) is 3.04. The van der Waals surface area contributed by atoms with Crippen molar-refractivity contribution in [3.63, 3.8) is 0 Å². The lowest BCUT2D eigenvalue weighted by Crippen LogP contribution is -2.36. The van der Waals surface area contributed by atoms with E-state index in [0.717, 1.165) is 25.0 Å². The van der Waals surface area contributed by atoms with Crippen LogP contribution in [-0.2, 0) is 16.6 Å².